The molecule has 0 aliphatic rings. The molecule has 0 aromatic heterocycles. The minimum absolute atomic E-state index is 0.280. The first kappa shape index (κ1) is 10.2. The molecule has 3 nitrogen and oxygen atoms in total. The van der Waals surface area contributed by atoms with E-state index in [9.17, 15) is 5.11 Å². The van der Waals surface area contributed by atoms with Crippen LogP contribution in [0.4, 0.5) is 0 Å². The molecule has 4 heteroatoms. The van der Waals surface area contributed by atoms with Crippen LogP contribution in [0.5, 0.6) is 0 Å². The van der Waals surface area contributed by atoms with E-state index in [2.05, 4.69) is 21.1 Å². The number of hydrogen-bond donors (Lipinski definition) is 2. The smallest absolute Gasteiger partial charge is 0.120 e. The van der Waals surface area contributed by atoms with Crippen LogP contribution in [0.2, 0.25) is 0 Å². The molecule has 0 bridgehead atoms. The number of nitrogens with zero attached hydrogens (tertiary/aromatic N) is 1. The maximum absolute atomic E-state index is 9.57. The van der Waals surface area contributed by atoms with Gasteiger partial charge in [-0.3, -0.25) is 0 Å². The average molecular weight is 244 g/mol. The van der Waals surface area contributed by atoms with E-state index in [1.54, 1.807) is 19.1 Å². The summed E-state index contributed by atoms with van der Waals surface area (Å²) in [6, 6.07) is 7.18. The monoisotopic (exact) mass is 243 g/mol. The van der Waals surface area contributed by atoms with Crippen molar-refractivity contribution < 1.29 is 10.3 Å². The van der Waals surface area contributed by atoms with Gasteiger partial charge in [0.25, 0.3) is 0 Å². The van der Waals surface area contributed by atoms with Crippen LogP contribution in [0.3, 0.4) is 0 Å². The molecule has 1 atom stereocenters. The molecule has 13 heavy (non-hydrogen) atoms. The van der Waals surface area contributed by atoms with Crippen molar-refractivity contribution in [3.8, 4) is 0 Å². The quantitative estimate of drug-likeness (QED) is 0.476. The Morgan fingerprint density at radius 3 is 2.38 bits per heavy atom. The summed E-state index contributed by atoms with van der Waals surface area (Å²) >= 11 is 3.29. The van der Waals surface area contributed by atoms with E-state index < -0.39 is 6.10 Å². The maximum Gasteiger partial charge on any atom is 0.120 e. The van der Waals surface area contributed by atoms with Crippen LogP contribution in [0.1, 0.15) is 18.6 Å². The lowest BCUT2D eigenvalue weighted by atomic mass is 10.1. The number of rotatable bonds is 2. The van der Waals surface area contributed by atoms with Crippen LogP contribution in [0.25, 0.3) is 0 Å². The van der Waals surface area contributed by atoms with Gasteiger partial charge in [0.1, 0.15) is 6.10 Å². The molecule has 0 heterocycles. The van der Waals surface area contributed by atoms with E-state index >= 15 is 0 Å². The Morgan fingerprint density at radius 1 is 1.38 bits per heavy atom. The van der Waals surface area contributed by atoms with Crippen molar-refractivity contribution in [2.75, 3.05) is 0 Å². The van der Waals surface area contributed by atoms with Gasteiger partial charge in [0.2, 0.25) is 0 Å². The lowest BCUT2D eigenvalue weighted by Gasteiger charge is -2.08. The second-order valence-electron chi connectivity index (χ2n) is 2.70. The van der Waals surface area contributed by atoms with Crippen molar-refractivity contribution in [3.63, 3.8) is 0 Å². The minimum atomic E-state index is -0.835. The van der Waals surface area contributed by atoms with Crippen LogP contribution in [0.15, 0.2) is 33.9 Å². The van der Waals surface area contributed by atoms with Gasteiger partial charge < -0.3 is 10.3 Å². The average Bonchev–Trinajstić information content (AvgIpc) is 2.17. The Hall–Kier alpha value is -0.870. The predicted octanol–water partition coefficient (Wildman–Crippen LogP) is 2.33. The Kier molecular flexibility index (Phi) is 3.45. The van der Waals surface area contributed by atoms with Gasteiger partial charge in [0.05, 0.1) is 5.71 Å². The van der Waals surface area contributed by atoms with Crippen molar-refractivity contribution in [3.05, 3.63) is 34.3 Å². The van der Waals surface area contributed by atoms with Gasteiger partial charge in [0, 0.05) is 4.47 Å². The number of aliphatic hydroxyl groups excluding tert-OH is 1. The summed E-state index contributed by atoms with van der Waals surface area (Å²) in [6.07, 6.45) is -0.835. The van der Waals surface area contributed by atoms with Gasteiger partial charge in [-0.25, -0.2) is 0 Å². The molecular formula is C9H10BrNO2. The SMILES string of the molecule is CC(=NO)C(O)c1ccc(Br)cc1. The van der Waals surface area contributed by atoms with Gasteiger partial charge >= 0.3 is 0 Å². The highest BCUT2D eigenvalue weighted by atomic mass is 79.9. The van der Waals surface area contributed by atoms with E-state index in [1.807, 2.05) is 12.1 Å². The zero-order chi connectivity index (χ0) is 9.84. The molecule has 0 aliphatic heterocycles. The van der Waals surface area contributed by atoms with Crippen molar-refractivity contribution in [2.24, 2.45) is 5.16 Å². The number of aliphatic hydroxyl groups is 1. The fraction of sp³-hybridized carbons (Fsp3) is 0.222. The number of halogens is 1. The van der Waals surface area contributed by atoms with Gasteiger partial charge in [0.15, 0.2) is 0 Å². The minimum Gasteiger partial charge on any atom is -0.411 e. The van der Waals surface area contributed by atoms with Gasteiger partial charge in [-0.1, -0.05) is 33.2 Å². The van der Waals surface area contributed by atoms with Gasteiger partial charge in [-0.15, -0.1) is 0 Å². The third-order valence-corrected chi connectivity index (χ3v) is 2.27. The number of hydrogen-bond acceptors (Lipinski definition) is 3. The van der Waals surface area contributed by atoms with Crippen LogP contribution in [-0.4, -0.2) is 16.0 Å². The largest absolute Gasteiger partial charge is 0.411 e. The first-order chi connectivity index (χ1) is 6.15. The second-order valence-corrected chi connectivity index (χ2v) is 3.61. The molecule has 0 amide bonds. The first-order valence-corrected chi connectivity index (χ1v) is 4.56. The van der Waals surface area contributed by atoms with Gasteiger partial charge in [-0.05, 0) is 24.6 Å². The molecule has 0 radical (unpaired) electrons. The molecule has 1 aromatic carbocycles. The second kappa shape index (κ2) is 4.39. The molecule has 0 spiro atoms. The van der Waals surface area contributed by atoms with E-state index in [-0.39, 0.29) is 5.71 Å². The molecule has 1 aromatic rings. The zero-order valence-corrected chi connectivity index (χ0v) is 8.69. The molecule has 0 saturated carbocycles. The third-order valence-electron chi connectivity index (χ3n) is 1.74. The summed E-state index contributed by atoms with van der Waals surface area (Å²) in [5.74, 6) is 0. The molecule has 0 fully saturated rings. The Morgan fingerprint density at radius 2 is 1.92 bits per heavy atom. The highest BCUT2D eigenvalue weighted by Gasteiger charge is 2.10. The Labute approximate surface area is 84.8 Å². The normalized spacial score (nSPS) is 14.2. The molecule has 2 N–H and O–H groups in total. The highest BCUT2D eigenvalue weighted by molar-refractivity contribution is 9.10. The highest BCUT2D eigenvalue weighted by Crippen LogP contribution is 2.17. The Bertz CT molecular complexity index is 308. The van der Waals surface area contributed by atoms with E-state index in [0.717, 1.165) is 4.47 Å². The molecule has 70 valence electrons. The zero-order valence-electron chi connectivity index (χ0n) is 7.11. The van der Waals surface area contributed by atoms with Gasteiger partial charge in [-0.2, -0.15) is 0 Å². The first-order valence-electron chi connectivity index (χ1n) is 3.77. The van der Waals surface area contributed by atoms with Crippen molar-refractivity contribution in [1.82, 2.24) is 0 Å². The number of benzene rings is 1. The third kappa shape index (κ3) is 2.54. The van der Waals surface area contributed by atoms with E-state index in [1.165, 1.54) is 0 Å². The lowest BCUT2D eigenvalue weighted by molar-refractivity contribution is 0.234. The Balaban J connectivity index is 2.89. The van der Waals surface area contributed by atoms with Crippen molar-refractivity contribution >= 4 is 21.6 Å². The van der Waals surface area contributed by atoms with E-state index in [0.29, 0.717) is 5.56 Å². The summed E-state index contributed by atoms with van der Waals surface area (Å²) in [5, 5.41) is 21.0. The van der Waals surface area contributed by atoms with Crippen LogP contribution in [0, 0.1) is 0 Å². The number of oxime groups is 1. The fourth-order valence-corrected chi connectivity index (χ4v) is 1.21. The van der Waals surface area contributed by atoms with Crippen LogP contribution >= 0.6 is 15.9 Å². The van der Waals surface area contributed by atoms with Crippen molar-refractivity contribution in [2.45, 2.75) is 13.0 Å². The summed E-state index contributed by atoms with van der Waals surface area (Å²) in [5.41, 5.74) is 0.987. The van der Waals surface area contributed by atoms with Crippen LogP contribution in [-0.2, 0) is 0 Å². The standard InChI is InChI=1S/C9H10BrNO2/c1-6(11-13)9(12)7-2-4-8(10)5-3-7/h2-5,9,12-13H,1H3. The molecule has 0 aliphatic carbocycles. The molecular weight excluding hydrogens is 234 g/mol. The predicted molar refractivity (Wildman–Crippen MR) is 54.0 cm³/mol. The lowest BCUT2D eigenvalue weighted by Crippen LogP contribution is -2.07. The van der Waals surface area contributed by atoms with Crippen molar-refractivity contribution in [1.29, 1.82) is 0 Å². The molecule has 1 unspecified atom stereocenters. The summed E-state index contributed by atoms with van der Waals surface area (Å²) in [6.45, 7) is 1.56. The molecule has 1 rings (SSSR count). The van der Waals surface area contributed by atoms with Crippen LogP contribution < -0.4 is 0 Å². The maximum atomic E-state index is 9.57. The fourth-order valence-electron chi connectivity index (χ4n) is 0.941. The summed E-state index contributed by atoms with van der Waals surface area (Å²) in [4.78, 5) is 0. The summed E-state index contributed by atoms with van der Waals surface area (Å²) in [7, 11) is 0. The summed E-state index contributed by atoms with van der Waals surface area (Å²) < 4.78 is 0.946. The van der Waals surface area contributed by atoms with E-state index in [4.69, 9.17) is 5.21 Å². The molecule has 0 saturated heterocycles. The topological polar surface area (TPSA) is 52.8 Å².